The molecule has 168 valence electrons. The first-order chi connectivity index (χ1) is 14.4. The summed E-state index contributed by atoms with van der Waals surface area (Å²) in [5, 5.41) is 7.75. The lowest BCUT2D eigenvalue weighted by Gasteiger charge is -2.41. The number of nitrogens with one attached hydrogen (secondary N) is 2. The fourth-order valence-electron chi connectivity index (χ4n) is 4.04. The largest absolute Gasteiger partial charge is 0.379 e. The van der Waals surface area contributed by atoms with E-state index in [0.29, 0.717) is 6.54 Å². The molecule has 0 atom stereocenters. The van der Waals surface area contributed by atoms with Crippen LogP contribution in [0.25, 0.3) is 0 Å². The van der Waals surface area contributed by atoms with Crippen LogP contribution in [-0.4, -0.2) is 94.4 Å². The monoisotopic (exact) mass is 436 g/mol. The Hall–Kier alpha value is -1.54. The molecule has 0 amide bonds. The number of rotatable bonds is 6. The van der Waals surface area contributed by atoms with E-state index in [9.17, 15) is 0 Å². The van der Waals surface area contributed by atoms with Gasteiger partial charge < -0.3 is 25.2 Å². The minimum atomic E-state index is 0.0246. The highest BCUT2D eigenvalue weighted by Crippen LogP contribution is 2.28. The van der Waals surface area contributed by atoms with Gasteiger partial charge in [-0.2, -0.15) is 0 Å². The zero-order chi connectivity index (χ0) is 21.6. The SMILES string of the molecule is CN=C(NCc1c(Cl)cccc1N1CCN(C)CC1)NCC(C)(C)N1CCOCC1. The van der Waals surface area contributed by atoms with Gasteiger partial charge >= 0.3 is 0 Å². The molecule has 0 radical (unpaired) electrons. The Morgan fingerprint density at radius 1 is 1.10 bits per heavy atom. The molecule has 30 heavy (non-hydrogen) atoms. The summed E-state index contributed by atoms with van der Waals surface area (Å²) in [6.07, 6.45) is 0. The number of likely N-dealkylation sites (N-methyl/N-ethyl adjacent to an activating group) is 1. The number of anilines is 1. The Kier molecular flexibility index (Phi) is 8.22. The van der Waals surface area contributed by atoms with Crippen LogP contribution in [0, 0.1) is 0 Å². The molecule has 0 unspecified atom stereocenters. The van der Waals surface area contributed by atoms with Crippen LogP contribution in [0.4, 0.5) is 5.69 Å². The van der Waals surface area contributed by atoms with Crippen molar-refractivity contribution in [2.24, 2.45) is 4.99 Å². The van der Waals surface area contributed by atoms with Crippen LogP contribution in [0.3, 0.4) is 0 Å². The molecule has 0 aliphatic carbocycles. The summed E-state index contributed by atoms with van der Waals surface area (Å²) in [6.45, 7) is 13.7. The summed E-state index contributed by atoms with van der Waals surface area (Å²) in [6, 6.07) is 6.18. The van der Waals surface area contributed by atoms with E-state index in [1.165, 1.54) is 5.69 Å². The van der Waals surface area contributed by atoms with Crippen molar-refractivity contribution in [3.05, 3.63) is 28.8 Å². The minimum Gasteiger partial charge on any atom is -0.379 e. The summed E-state index contributed by atoms with van der Waals surface area (Å²) in [4.78, 5) is 11.7. The third kappa shape index (κ3) is 6.00. The molecule has 0 aromatic heterocycles. The summed E-state index contributed by atoms with van der Waals surface area (Å²) in [7, 11) is 3.98. The van der Waals surface area contributed by atoms with E-state index in [4.69, 9.17) is 16.3 Å². The smallest absolute Gasteiger partial charge is 0.191 e. The maximum Gasteiger partial charge on any atom is 0.191 e. The first-order valence-electron chi connectivity index (χ1n) is 10.9. The van der Waals surface area contributed by atoms with E-state index in [2.05, 4.69) is 57.3 Å². The van der Waals surface area contributed by atoms with Gasteiger partial charge in [0.1, 0.15) is 0 Å². The minimum absolute atomic E-state index is 0.0246. The Bertz CT molecular complexity index is 712. The lowest BCUT2D eigenvalue weighted by molar-refractivity contribution is -0.00834. The number of hydrogen-bond acceptors (Lipinski definition) is 5. The van der Waals surface area contributed by atoms with Crippen LogP contribution < -0.4 is 15.5 Å². The molecule has 0 saturated carbocycles. The third-order valence-corrected chi connectivity index (χ3v) is 6.50. The van der Waals surface area contributed by atoms with Gasteiger partial charge in [-0.15, -0.1) is 0 Å². The van der Waals surface area contributed by atoms with Crippen molar-refractivity contribution in [3.63, 3.8) is 0 Å². The normalized spacial score (nSPS) is 19.8. The Balaban J connectivity index is 1.59. The first kappa shape index (κ1) is 23.1. The zero-order valence-corrected chi connectivity index (χ0v) is 19.6. The number of ether oxygens (including phenoxy) is 1. The highest BCUT2D eigenvalue weighted by molar-refractivity contribution is 6.31. The van der Waals surface area contributed by atoms with E-state index in [-0.39, 0.29) is 5.54 Å². The van der Waals surface area contributed by atoms with Crippen molar-refractivity contribution in [2.75, 3.05) is 78.0 Å². The molecule has 2 fully saturated rings. The molecule has 1 aromatic carbocycles. The van der Waals surface area contributed by atoms with E-state index >= 15 is 0 Å². The summed E-state index contributed by atoms with van der Waals surface area (Å²) < 4.78 is 5.49. The molecule has 1 aromatic rings. The summed E-state index contributed by atoms with van der Waals surface area (Å²) >= 11 is 6.60. The van der Waals surface area contributed by atoms with Crippen molar-refractivity contribution in [3.8, 4) is 0 Å². The fraction of sp³-hybridized carbons (Fsp3) is 0.682. The lowest BCUT2D eigenvalue weighted by Crippen LogP contribution is -2.56. The average molecular weight is 437 g/mol. The number of nitrogens with zero attached hydrogens (tertiary/aromatic N) is 4. The van der Waals surface area contributed by atoms with Gasteiger partial charge in [-0.3, -0.25) is 9.89 Å². The molecule has 0 bridgehead atoms. The maximum atomic E-state index is 6.60. The molecule has 7 nitrogen and oxygen atoms in total. The number of hydrogen-bond donors (Lipinski definition) is 2. The van der Waals surface area contributed by atoms with Crippen LogP contribution in [-0.2, 0) is 11.3 Å². The maximum absolute atomic E-state index is 6.60. The highest BCUT2D eigenvalue weighted by atomic mass is 35.5. The fourth-order valence-corrected chi connectivity index (χ4v) is 4.28. The summed E-state index contributed by atoms with van der Waals surface area (Å²) in [5.41, 5.74) is 2.36. The molecule has 8 heteroatoms. The second-order valence-electron chi connectivity index (χ2n) is 8.72. The van der Waals surface area contributed by atoms with Crippen LogP contribution in [0.15, 0.2) is 23.2 Å². The predicted octanol–water partition coefficient (Wildman–Crippen LogP) is 1.87. The molecule has 3 rings (SSSR count). The highest BCUT2D eigenvalue weighted by Gasteiger charge is 2.28. The van der Waals surface area contributed by atoms with Crippen molar-refractivity contribution < 1.29 is 4.74 Å². The van der Waals surface area contributed by atoms with Crippen LogP contribution >= 0.6 is 11.6 Å². The molecule has 0 spiro atoms. The van der Waals surface area contributed by atoms with Gasteiger partial charge in [0.2, 0.25) is 0 Å². The quantitative estimate of drug-likeness (QED) is 0.524. The molecule has 2 N–H and O–H groups in total. The first-order valence-corrected chi connectivity index (χ1v) is 11.3. The number of aliphatic imine (C=N–C) groups is 1. The standard InChI is InChI=1S/C22H37ClN6O/c1-22(2,29-12-14-30-15-13-29)17-26-21(24-3)25-16-18-19(23)6-5-7-20(18)28-10-8-27(4)9-11-28/h5-7H,8-17H2,1-4H3,(H2,24,25,26). The van der Waals surface area contributed by atoms with Gasteiger partial charge in [0.15, 0.2) is 5.96 Å². The van der Waals surface area contributed by atoms with Gasteiger partial charge in [0.05, 0.1) is 13.2 Å². The number of piperazine rings is 1. The van der Waals surface area contributed by atoms with Gasteiger partial charge in [0, 0.05) is 81.2 Å². The van der Waals surface area contributed by atoms with Crippen molar-refractivity contribution in [1.82, 2.24) is 20.4 Å². The molecule has 2 aliphatic rings. The predicted molar refractivity (Wildman–Crippen MR) is 126 cm³/mol. The van der Waals surface area contributed by atoms with Crippen molar-refractivity contribution in [1.29, 1.82) is 0 Å². The summed E-state index contributed by atoms with van der Waals surface area (Å²) in [5.74, 6) is 0.792. The van der Waals surface area contributed by atoms with Crippen LogP contribution in [0.5, 0.6) is 0 Å². The van der Waals surface area contributed by atoms with E-state index in [0.717, 1.165) is 75.6 Å². The Morgan fingerprint density at radius 2 is 1.80 bits per heavy atom. The molecular weight excluding hydrogens is 400 g/mol. The molecule has 2 aliphatic heterocycles. The van der Waals surface area contributed by atoms with Gasteiger partial charge in [0.25, 0.3) is 0 Å². The number of benzene rings is 1. The van der Waals surface area contributed by atoms with E-state index in [1.54, 1.807) is 0 Å². The van der Waals surface area contributed by atoms with E-state index < -0.39 is 0 Å². The molecular formula is C22H37ClN6O. The second-order valence-corrected chi connectivity index (χ2v) is 9.13. The molecule has 2 saturated heterocycles. The third-order valence-electron chi connectivity index (χ3n) is 6.15. The van der Waals surface area contributed by atoms with E-state index in [1.807, 2.05) is 19.2 Å². The number of halogens is 1. The Morgan fingerprint density at radius 3 is 2.47 bits per heavy atom. The van der Waals surface area contributed by atoms with Gasteiger partial charge in [-0.25, -0.2) is 0 Å². The zero-order valence-electron chi connectivity index (χ0n) is 18.9. The topological polar surface area (TPSA) is 55.4 Å². The van der Waals surface area contributed by atoms with Crippen molar-refractivity contribution >= 4 is 23.2 Å². The molecule has 2 heterocycles. The Labute approximate surface area is 186 Å². The average Bonchev–Trinajstić information content (AvgIpc) is 2.76. The van der Waals surface area contributed by atoms with Crippen molar-refractivity contribution in [2.45, 2.75) is 25.9 Å². The van der Waals surface area contributed by atoms with Gasteiger partial charge in [-0.05, 0) is 33.0 Å². The van der Waals surface area contributed by atoms with Crippen LogP contribution in [0.2, 0.25) is 5.02 Å². The second kappa shape index (κ2) is 10.7. The number of guanidine groups is 1. The van der Waals surface area contributed by atoms with Gasteiger partial charge in [-0.1, -0.05) is 17.7 Å². The van der Waals surface area contributed by atoms with Crippen LogP contribution in [0.1, 0.15) is 19.4 Å². The lowest BCUT2D eigenvalue weighted by atomic mass is 10.0. The number of morpholine rings is 1.